The minimum absolute atomic E-state index is 0.111. The summed E-state index contributed by atoms with van der Waals surface area (Å²) >= 11 is 24.5. The van der Waals surface area contributed by atoms with Crippen molar-refractivity contribution in [1.29, 1.82) is 5.26 Å². The number of pyridine rings is 1. The Hall–Kier alpha value is -1.96. The van der Waals surface area contributed by atoms with Gasteiger partial charge in [-0.3, -0.25) is 0 Å². The minimum Gasteiger partial charge on any atom is -0.383 e. The Bertz CT molecular complexity index is 1070. The molecule has 26 heavy (non-hydrogen) atoms. The molecule has 0 aliphatic rings. The van der Waals surface area contributed by atoms with Crippen molar-refractivity contribution in [2.45, 2.75) is 6.92 Å². The molecular formula is C19H11Cl4N3. The van der Waals surface area contributed by atoms with Gasteiger partial charge < -0.3 is 5.73 Å². The van der Waals surface area contributed by atoms with Crippen LogP contribution < -0.4 is 5.73 Å². The maximum atomic E-state index is 9.59. The number of benzene rings is 2. The van der Waals surface area contributed by atoms with Crippen molar-refractivity contribution in [3.05, 3.63) is 67.6 Å². The number of anilines is 1. The van der Waals surface area contributed by atoms with Crippen LogP contribution in [-0.2, 0) is 0 Å². The van der Waals surface area contributed by atoms with Crippen LogP contribution in [0.25, 0.3) is 22.4 Å². The van der Waals surface area contributed by atoms with Gasteiger partial charge >= 0.3 is 0 Å². The smallest absolute Gasteiger partial charge is 0.142 e. The fourth-order valence-electron chi connectivity index (χ4n) is 2.76. The van der Waals surface area contributed by atoms with Gasteiger partial charge in [0, 0.05) is 16.1 Å². The quantitative estimate of drug-likeness (QED) is 0.494. The third-order valence-corrected chi connectivity index (χ3v) is 5.26. The molecule has 130 valence electrons. The molecule has 1 aromatic heterocycles. The summed E-state index contributed by atoms with van der Waals surface area (Å²) in [5.74, 6) is 0.111. The van der Waals surface area contributed by atoms with Crippen LogP contribution in [0.3, 0.4) is 0 Å². The first-order valence-corrected chi connectivity index (χ1v) is 8.95. The van der Waals surface area contributed by atoms with Crippen LogP contribution in [0.1, 0.15) is 11.1 Å². The van der Waals surface area contributed by atoms with E-state index in [0.29, 0.717) is 42.5 Å². The highest BCUT2D eigenvalue weighted by atomic mass is 35.5. The summed E-state index contributed by atoms with van der Waals surface area (Å²) in [4.78, 5) is 4.40. The molecule has 0 aliphatic heterocycles. The molecule has 2 N–H and O–H groups in total. The molecule has 0 radical (unpaired) electrons. The summed E-state index contributed by atoms with van der Waals surface area (Å²) in [5.41, 5.74) is 9.68. The maximum Gasteiger partial charge on any atom is 0.142 e. The summed E-state index contributed by atoms with van der Waals surface area (Å²) < 4.78 is 0. The van der Waals surface area contributed by atoms with Crippen molar-refractivity contribution < 1.29 is 0 Å². The molecule has 3 rings (SSSR count). The number of hydrogen-bond donors (Lipinski definition) is 1. The van der Waals surface area contributed by atoms with Gasteiger partial charge in [-0.2, -0.15) is 5.26 Å². The molecule has 0 unspecified atom stereocenters. The molecule has 3 aromatic rings. The highest BCUT2D eigenvalue weighted by Gasteiger charge is 2.20. The van der Waals surface area contributed by atoms with E-state index >= 15 is 0 Å². The molecule has 1 heterocycles. The summed E-state index contributed by atoms with van der Waals surface area (Å²) in [6.45, 7) is 1.85. The van der Waals surface area contributed by atoms with Crippen molar-refractivity contribution >= 4 is 52.2 Å². The first-order valence-electron chi connectivity index (χ1n) is 7.44. The number of halogens is 4. The van der Waals surface area contributed by atoms with E-state index in [1.807, 2.05) is 6.92 Å². The molecule has 0 aliphatic carbocycles. The molecule has 0 amide bonds. The zero-order valence-corrected chi connectivity index (χ0v) is 16.5. The Morgan fingerprint density at radius 2 is 1.69 bits per heavy atom. The number of nitriles is 1. The van der Waals surface area contributed by atoms with Gasteiger partial charge in [-0.25, -0.2) is 4.98 Å². The van der Waals surface area contributed by atoms with E-state index in [1.165, 1.54) is 0 Å². The van der Waals surface area contributed by atoms with Crippen LogP contribution in [0.2, 0.25) is 20.1 Å². The lowest BCUT2D eigenvalue weighted by atomic mass is 9.93. The second kappa shape index (κ2) is 7.34. The minimum atomic E-state index is 0.111. The molecule has 0 saturated heterocycles. The Morgan fingerprint density at radius 1 is 0.962 bits per heavy atom. The van der Waals surface area contributed by atoms with Crippen LogP contribution in [0.15, 0.2) is 36.4 Å². The Balaban J connectivity index is 2.35. The molecule has 7 heteroatoms. The van der Waals surface area contributed by atoms with Crippen LogP contribution in [0.5, 0.6) is 0 Å². The molecule has 2 aromatic carbocycles. The molecule has 3 nitrogen and oxygen atoms in total. The SMILES string of the molecule is Cc1c(-c2ccc(Cl)cc2Cl)nc(N)c(C#N)c1-c1ccc(Cl)c(Cl)c1. The van der Waals surface area contributed by atoms with E-state index in [4.69, 9.17) is 52.1 Å². The average Bonchev–Trinajstić information content (AvgIpc) is 2.59. The van der Waals surface area contributed by atoms with Crippen molar-refractivity contribution in [3.8, 4) is 28.5 Å². The van der Waals surface area contributed by atoms with Crippen molar-refractivity contribution in [2.24, 2.45) is 0 Å². The van der Waals surface area contributed by atoms with E-state index in [-0.39, 0.29) is 11.4 Å². The predicted octanol–water partition coefficient (Wildman–Crippen LogP) is 6.79. The number of nitrogens with two attached hydrogens (primary N) is 1. The van der Waals surface area contributed by atoms with Crippen molar-refractivity contribution in [1.82, 2.24) is 4.98 Å². The van der Waals surface area contributed by atoms with Gasteiger partial charge in [-0.1, -0.05) is 52.5 Å². The summed E-state index contributed by atoms with van der Waals surface area (Å²) in [7, 11) is 0. The van der Waals surface area contributed by atoms with E-state index < -0.39 is 0 Å². The second-order valence-electron chi connectivity index (χ2n) is 5.59. The summed E-state index contributed by atoms with van der Waals surface area (Å²) in [6, 6.07) is 12.4. The lowest BCUT2D eigenvalue weighted by Gasteiger charge is -2.16. The third-order valence-electron chi connectivity index (χ3n) is 3.97. The predicted molar refractivity (Wildman–Crippen MR) is 109 cm³/mol. The summed E-state index contributed by atoms with van der Waals surface area (Å²) in [6.07, 6.45) is 0. The standard InChI is InChI=1S/C19H11Cl4N3/c1-9-17(10-2-5-14(21)16(23)6-10)13(8-24)19(25)26-18(9)12-4-3-11(20)7-15(12)22/h2-7H,1H3,(H2,25,26). The van der Waals surface area contributed by atoms with Gasteiger partial charge in [0.05, 0.1) is 20.8 Å². The Kier molecular flexibility index (Phi) is 5.32. The van der Waals surface area contributed by atoms with E-state index in [2.05, 4.69) is 11.1 Å². The van der Waals surface area contributed by atoms with Crippen LogP contribution in [0.4, 0.5) is 5.82 Å². The second-order valence-corrected chi connectivity index (χ2v) is 7.24. The van der Waals surface area contributed by atoms with Crippen molar-refractivity contribution in [2.75, 3.05) is 5.73 Å². The Labute approximate surface area is 170 Å². The molecule has 0 saturated carbocycles. The fraction of sp³-hybridized carbons (Fsp3) is 0.0526. The average molecular weight is 423 g/mol. The highest BCUT2D eigenvalue weighted by molar-refractivity contribution is 6.42. The van der Waals surface area contributed by atoms with Gasteiger partial charge in [0.15, 0.2) is 0 Å². The lowest BCUT2D eigenvalue weighted by Crippen LogP contribution is -2.03. The lowest BCUT2D eigenvalue weighted by molar-refractivity contribution is 1.26. The first kappa shape index (κ1) is 18.8. The largest absolute Gasteiger partial charge is 0.383 e. The van der Waals surface area contributed by atoms with E-state index in [1.54, 1.807) is 36.4 Å². The highest BCUT2D eigenvalue weighted by Crippen LogP contribution is 2.40. The molecule has 0 atom stereocenters. The molecular weight excluding hydrogens is 412 g/mol. The monoisotopic (exact) mass is 421 g/mol. The third kappa shape index (κ3) is 3.34. The van der Waals surface area contributed by atoms with Gasteiger partial charge in [0.2, 0.25) is 0 Å². The molecule has 0 bridgehead atoms. The number of nitrogens with zero attached hydrogens (tertiary/aromatic N) is 2. The first-order chi connectivity index (χ1) is 12.3. The van der Waals surface area contributed by atoms with Crippen molar-refractivity contribution in [3.63, 3.8) is 0 Å². The Morgan fingerprint density at radius 3 is 2.31 bits per heavy atom. The maximum absolute atomic E-state index is 9.59. The molecule has 0 fully saturated rings. The number of aromatic nitrogens is 1. The summed E-state index contributed by atoms with van der Waals surface area (Å²) in [5, 5.41) is 11.4. The fourth-order valence-corrected chi connectivity index (χ4v) is 3.56. The number of nitrogen functional groups attached to an aromatic ring is 1. The topological polar surface area (TPSA) is 62.7 Å². The van der Waals surface area contributed by atoms with E-state index in [0.717, 1.165) is 5.56 Å². The normalized spacial score (nSPS) is 10.6. The van der Waals surface area contributed by atoms with Crippen LogP contribution in [-0.4, -0.2) is 4.98 Å². The zero-order chi connectivity index (χ0) is 19.0. The van der Waals surface area contributed by atoms with Gasteiger partial charge in [0.1, 0.15) is 17.5 Å². The van der Waals surface area contributed by atoms with Gasteiger partial charge in [-0.05, 0) is 48.4 Å². The van der Waals surface area contributed by atoms with Crippen LogP contribution >= 0.6 is 46.4 Å². The number of rotatable bonds is 2. The zero-order valence-electron chi connectivity index (χ0n) is 13.4. The number of hydrogen-bond acceptors (Lipinski definition) is 3. The van der Waals surface area contributed by atoms with E-state index in [9.17, 15) is 5.26 Å². The molecule has 0 spiro atoms. The van der Waals surface area contributed by atoms with Crippen LogP contribution in [0, 0.1) is 18.3 Å². The van der Waals surface area contributed by atoms with Gasteiger partial charge in [0.25, 0.3) is 0 Å². The van der Waals surface area contributed by atoms with Gasteiger partial charge in [-0.15, -0.1) is 0 Å².